The maximum atomic E-state index is 11.3. The number of carbonyl (C=O) groups excluding carboxylic acids is 1. The summed E-state index contributed by atoms with van der Waals surface area (Å²) in [4.78, 5) is 15.5. The van der Waals surface area contributed by atoms with E-state index in [1.807, 2.05) is 23.1 Å². The molecule has 1 aromatic carbocycles. The van der Waals surface area contributed by atoms with Gasteiger partial charge in [-0.2, -0.15) is 0 Å². The van der Waals surface area contributed by atoms with E-state index in [-0.39, 0.29) is 18.7 Å². The van der Waals surface area contributed by atoms with Crippen LogP contribution in [-0.2, 0) is 4.79 Å². The molecule has 3 rings (SSSR count). The van der Waals surface area contributed by atoms with E-state index in [0.29, 0.717) is 0 Å². The lowest BCUT2D eigenvalue weighted by atomic mass is 10.1. The Labute approximate surface area is 124 Å². The zero-order valence-corrected chi connectivity index (χ0v) is 12.2. The Kier molecular flexibility index (Phi) is 3.98. The summed E-state index contributed by atoms with van der Waals surface area (Å²) < 4.78 is 10.7. The predicted molar refractivity (Wildman–Crippen MR) is 78.2 cm³/mol. The normalized spacial score (nSPS) is 19.6. The molecular weight excluding hydrogens is 270 g/mol. The molecule has 2 N–H and O–H groups in total. The minimum absolute atomic E-state index is 0.0663. The first-order chi connectivity index (χ1) is 10.1. The van der Waals surface area contributed by atoms with Crippen LogP contribution in [-0.4, -0.2) is 55.2 Å². The van der Waals surface area contributed by atoms with Gasteiger partial charge in [0.15, 0.2) is 11.5 Å². The highest BCUT2D eigenvalue weighted by Gasteiger charge is 2.22. The Morgan fingerprint density at radius 3 is 2.67 bits per heavy atom. The molecule has 2 aliphatic rings. The van der Waals surface area contributed by atoms with Crippen LogP contribution in [0.4, 0.5) is 0 Å². The highest BCUT2D eigenvalue weighted by molar-refractivity contribution is 5.73. The quantitative estimate of drug-likeness (QED) is 0.882. The summed E-state index contributed by atoms with van der Waals surface area (Å²) in [6.07, 6.45) is 0. The van der Waals surface area contributed by atoms with Gasteiger partial charge in [-0.05, 0) is 17.7 Å². The summed E-state index contributed by atoms with van der Waals surface area (Å²) in [5, 5.41) is 0. The minimum Gasteiger partial charge on any atom is -0.454 e. The van der Waals surface area contributed by atoms with Gasteiger partial charge < -0.3 is 20.1 Å². The first-order valence-corrected chi connectivity index (χ1v) is 7.26. The molecular formula is C15H21N3O3. The van der Waals surface area contributed by atoms with Gasteiger partial charge in [0.2, 0.25) is 12.7 Å². The Hall–Kier alpha value is -1.79. The third-order valence-corrected chi connectivity index (χ3v) is 4.10. The summed E-state index contributed by atoms with van der Waals surface area (Å²) >= 11 is 0. The van der Waals surface area contributed by atoms with Gasteiger partial charge >= 0.3 is 0 Å². The van der Waals surface area contributed by atoms with Gasteiger partial charge in [0.1, 0.15) is 0 Å². The van der Waals surface area contributed by atoms with E-state index in [1.165, 1.54) is 0 Å². The summed E-state index contributed by atoms with van der Waals surface area (Å²) in [5.41, 5.74) is 7.35. The minimum atomic E-state index is -0.0663. The molecule has 114 valence electrons. The van der Waals surface area contributed by atoms with Crippen molar-refractivity contribution in [2.45, 2.75) is 13.0 Å². The van der Waals surface area contributed by atoms with Crippen molar-refractivity contribution in [2.75, 3.05) is 39.5 Å². The fourth-order valence-electron chi connectivity index (χ4n) is 2.77. The third kappa shape index (κ3) is 3.11. The topological polar surface area (TPSA) is 68.0 Å². The van der Waals surface area contributed by atoms with E-state index in [4.69, 9.17) is 15.2 Å². The lowest BCUT2D eigenvalue weighted by Gasteiger charge is -2.35. The summed E-state index contributed by atoms with van der Waals surface area (Å²) in [6, 6.07) is 5.79. The molecule has 0 spiro atoms. The third-order valence-electron chi connectivity index (χ3n) is 4.10. The maximum absolute atomic E-state index is 11.3. The molecule has 0 saturated carbocycles. The fraction of sp³-hybridized carbons (Fsp3) is 0.533. The lowest BCUT2D eigenvalue weighted by Crippen LogP contribution is -2.49. The number of hydrogen-bond acceptors (Lipinski definition) is 5. The van der Waals surface area contributed by atoms with Crippen LogP contribution in [0.25, 0.3) is 0 Å². The molecule has 6 heteroatoms. The number of nitrogens with two attached hydrogens (primary N) is 1. The SMILES string of the molecule is CC(=O)N1CCN(CC(N)c2ccc3c(c2)OCO3)CC1. The zero-order valence-electron chi connectivity index (χ0n) is 12.2. The fourth-order valence-corrected chi connectivity index (χ4v) is 2.77. The molecule has 1 atom stereocenters. The molecule has 1 fully saturated rings. The van der Waals surface area contributed by atoms with Gasteiger partial charge in [-0.15, -0.1) is 0 Å². The second-order valence-electron chi connectivity index (χ2n) is 5.53. The molecule has 1 aromatic rings. The number of rotatable bonds is 3. The van der Waals surface area contributed by atoms with Crippen LogP contribution in [0.2, 0.25) is 0 Å². The van der Waals surface area contributed by atoms with Crippen LogP contribution in [0.3, 0.4) is 0 Å². The first kappa shape index (κ1) is 14.2. The molecule has 1 amide bonds. The molecule has 2 aliphatic heterocycles. The Balaban J connectivity index is 1.57. The first-order valence-electron chi connectivity index (χ1n) is 7.26. The number of hydrogen-bond donors (Lipinski definition) is 1. The molecule has 1 unspecified atom stereocenters. The largest absolute Gasteiger partial charge is 0.454 e. The van der Waals surface area contributed by atoms with Gasteiger partial charge in [-0.1, -0.05) is 6.07 Å². The predicted octanol–water partition coefficient (Wildman–Crippen LogP) is 0.579. The average molecular weight is 291 g/mol. The van der Waals surface area contributed by atoms with Crippen LogP contribution in [0.1, 0.15) is 18.5 Å². The number of piperazine rings is 1. The van der Waals surface area contributed by atoms with Gasteiger partial charge in [0, 0.05) is 45.7 Å². The molecule has 0 aliphatic carbocycles. The monoisotopic (exact) mass is 291 g/mol. The van der Waals surface area contributed by atoms with Crippen molar-refractivity contribution < 1.29 is 14.3 Å². The molecule has 0 bridgehead atoms. The number of amides is 1. The highest BCUT2D eigenvalue weighted by atomic mass is 16.7. The Bertz CT molecular complexity index is 527. The van der Waals surface area contributed by atoms with Crippen molar-refractivity contribution in [3.8, 4) is 11.5 Å². The van der Waals surface area contributed by atoms with E-state index in [9.17, 15) is 4.79 Å². The molecule has 0 radical (unpaired) electrons. The number of nitrogens with zero attached hydrogens (tertiary/aromatic N) is 2. The van der Waals surface area contributed by atoms with Gasteiger partial charge in [-0.25, -0.2) is 0 Å². The van der Waals surface area contributed by atoms with Gasteiger partial charge in [0.25, 0.3) is 0 Å². The van der Waals surface area contributed by atoms with E-state index >= 15 is 0 Å². The second-order valence-corrected chi connectivity index (χ2v) is 5.53. The van der Waals surface area contributed by atoms with E-state index in [0.717, 1.165) is 49.8 Å². The van der Waals surface area contributed by atoms with Crippen LogP contribution >= 0.6 is 0 Å². The van der Waals surface area contributed by atoms with Gasteiger partial charge in [0.05, 0.1) is 0 Å². The summed E-state index contributed by atoms with van der Waals surface area (Å²) in [7, 11) is 0. The van der Waals surface area contributed by atoms with Crippen LogP contribution in [0, 0.1) is 0 Å². The van der Waals surface area contributed by atoms with E-state index in [1.54, 1.807) is 6.92 Å². The molecule has 1 saturated heterocycles. The maximum Gasteiger partial charge on any atom is 0.231 e. The Morgan fingerprint density at radius 2 is 1.95 bits per heavy atom. The van der Waals surface area contributed by atoms with Crippen molar-refractivity contribution in [3.63, 3.8) is 0 Å². The van der Waals surface area contributed by atoms with E-state index < -0.39 is 0 Å². The van der Waals surface area contributed by atoms with Crippen molar-refractivity contribution in [3.05, 3.63) is 23.8 Å². The summed E-state index contributed by atoms with van der Waals surface area (Å²) in [6.45, 7) is 5.99. The number of ether oxygens (including phenoxy) is 2. The Morgan fingerprint density at radius 1 is 1.24 bits per heavy atom. The van der Waals surface area contributed by atoms with Gasteiger partial charge in [-0.3, -0.25) is 9.69 Å². The van der Waals surface area contributed by atoms with Crippen LogP contribution in [0.5, 0.6) is 11.5 Å². The van der Waals surface area contributed by atoms with Crippen molar-refractivity contribution >= 4 is 5.91 Å². The zero-order chi connectivity index (χ0) is 14.8. The molecule has 21 heavy (non-hydrogen) atoms. The summed E-state index contributed by atoms with van der Waals surface area (Å²) in [5.74, 6) is 1.69. The second kappa shape index (κ2) is 5.91. The lowest BCUT2D eigenvalue weighted by molar-refractivity contribution is -0.130. The molecule has 2 heterocycles. The number of fused-ring (bicyclic) bond motifs is 1. The average Bonchev–Trinajstić information content (AvgIpc) is 2.95. The molecule has 6 nitrogen and oxygen atoms in total. The smallest absolute Gasteiger partial charge is 0.231 e. The van der Waals surface area contributed by atoms with Crippen molar-refractivity contribution in [2.24, 2.45) is 5.73 Å². The van der Waals surface area contributed by atoms with Crippen molar-refractivity contribution in [1.82, 2.24) is 9.80 Å². The number of benzene rings is 1. The van der Waals surface area contributed by atoms with Crippen molar-refractivity contribution in [1.29, 1.82) is 0 Å². The van der Waals surface area contributed by atoms with E-state index in [2.05, 4.69) is 4.90 Å². The highest BCUT2D eigenvalue weighted by Crippen LogP contribution is 2.33. The van der Waals surface area contributed by atoms with Crippen LogP contribution in [0.15, 0.2) is 18.2 Å². The van der Waals surface area contributed by atoms with Crippen LogP contribution < -0.4 is 15.2 Å². The molecule has 0 aromatic heterocycles. The number of carbonyl (C=O) groups is 1. The standard InChI is InChI=1S/C15H21N3O3/c1-11(19)18-6-4-17(5-7-18)9-13(16)12-2-3-14-15(8-12)21-10-20-14/h2-3,8,13H,4-7,9-10,16H2,1H3.